The van der Waals surface area contributed by atoms with Crippen molar-refractivity contribution in [3.05, 3.63) is 35.5 Å². The number of hydrogen-bond acceptors (Lipinski definition) is 6. The van der Waals surface area contributed by atoms with Gasteiger partial charge in [0.1, 0.15) is 19.0 Å². The third-order valence-electron chi connectivity index (χ3n) is 3.98. The molecule has 0 radical (unpaired) electrons. The van der Waals surface area contributed by atoms with Gasteiger partial charge in [-0.15, -0.1) is 11.8 Å². The average Bonchev–Trinajstić information content (AvgIpc) is 2.69. The van der Waals surface area contributed by atoms with Crippen LogP contribution < -0.4 is 10.1 Å². The average molecular weight is 427 g/mol. The van der Waals surface area contributed by atoms with E-state index in [9.17, 15) is 4.79 Å². The summed E-state index contributed by atoms with van der Waals surface area (Å²) in [6.07, 6.45) is 3.48. The van der Waals surface area contributed by atoms with Crippen LogP contribution in [0.25, 0.3) is 10.9 Å². The molecule has 2 N–H and O–H groups in total. The Morgan fingerprint density at radius 1 is 1.33 bits per heavy atom. The number of nitrogens with zero attached hydrogens (tertiary/aromatic N) is 1. The van der Waals surface area contributed by atoms with E-state index in [0.29, 0.717) is 17.9 Å². The number of hydrogen-bond donors (Lipinski definition) is 2. The van der Waals surface area contributed by atoms with Gasteiger partial charge in [0.2, 0.25) is 5.44 Å². The van der Waals surface area contributed by atoms with Crippen molar-refractivity contribution in [3.63, 3.8) is 0 Å². The summed E-state index contributed by atoms with van der Waals surface area (Å²) in [6, 6.07) is 5.57. The number of aromatic nitrogens is 1. The first-order chi connectivity index (χ1) is 14.3. The molecule has 1 atom stereocenters. The largest absolute Gasteiger partial charge is 0.470 e. The molecular weight excluding hydrogens is 400 g/mol. The van der Waals surface area contributed by atoms with Gasteiger partial charge in [-0.25, -0.2) is 0 Å². The van der Waals surface area contributed by atoms with Crippen LogP contribution in [0.2, 0.25) is 0 Å². The maximum atomic E-state index is 12.7. The zero-order chi connectivity index (χ0) is 22.1. The van der Waals surface area contributed by atoms with Crippen LogP contribution in [0, 0.1) is 30.6 Å². The van der Waals surface area contributed by atoms with Gasteiger partial charge in [-0.05, 0) is 50.8 Å². The number of aryl methyl sites for hydroxylation is 1. The first-order valence-corrected chi connectivity index (χ1v) is 10.6. The second-order valence-electron chi connectivity index (χ2n) is 7.03. The lowest BCUT2D eigenvalue weighted by atomic mass is 10.1. The monoisotopic (exact) mass is 426 g/mol. The third kappa shape index (κ3) is 6.67. The van der Waals surface area contributed by atoms with Crippen molar-refractivity contribution in [2.24, 2.45) is 0 Å². The van der Waals surface area contributed by atoms with Gasteiger partial charge in [-0.3, -0.25) is 9.78 Å². The minimum atomic E-state index is -0.740. The van der Waals surface area contributed by atoms with E-state index in [1.54, 1.807) is 13.3 Å². The second-order valence-corrected chi connectivity index (χ2v) is 7.93. The lowest BCUT2D eigenvalue weighted by Gasteiger charge is -2.24. The number of fused-ring (bicyclic) bond motifs is 1. The molecular formula is C23H26N2O4S. The van der Waals surface area contributed by atoms with E-state index >= 15 is 0 Å². The molecule has 0 aliphatic carbocycles. The Kier molecular flexibility index (Phi) is 8.56. The van der Waals surface area contributed by atoms with Crippen molar-refractivity contribution < 1.29 is 19.4 Å². The summed E-state index contributed by atoms with van der Waals surface area (Å²) >= 11 is 1.29. The van der Waals surface area contributed by atoms with Crippen molar-refractivity contribution in [2.75, 3.05) is 26.6 Å². The van der Waals surface area contributed by atoms with Crippen LogP contribution in [-0.4, -0.2) is 53.6 Å². The maximum absolute atomic E-state index is 12.7. The number of carbonyl (C=O) groups excluding carboxylic acids is 1. The minimum Gasteiger partial charge on any atom is -0.470 e. The highest BCUT2D eigenvalue weighted by molar-refractivity contribution is 7.99. The van der Waals surface area contributed by atoms with Crippen LogP contribution in [0.5, 0.6) is 5.75 Å². The molecule has 0 saturated carbocycles. The van der Waals surface area contributed by atoms with E-state index in [1.807, 2.05) is 45.2 Å². The topological polar surface area (TPSA) is 80.7 Å². The van der Waals surface area contributed by atoms with Gasteiger partial charge in [0, 0.05) is 24.3 Å². The van der Waals surface area contributed by atoms with Crippen LogP contribution in [0.1, 0.15) is 25.0 Å². The molecule has 0 aliphatic heterocycles. The van der Waals surface area contributed by atoms with Crippen LogP contribution in [0.3, 0.4) is 0 Å². The Morgan fingerprint density at radius 2 is 2.10 bits per heavy atom. The van der Waals surface area contributed by atoms with Crippen LogP contribution in [0.15, 0.2) is 24.4 Å². The van der Waals surface area contributed by atoms with Gasteiger partial charge < -0.3 is 19.9 Å². The second kappa shape index (κ2) is 10.9. The highest BCUT2D eigenvalue weighted by Crippen LogP contribution is 2.26. The summed E-state index contributed by atoms with van der Waals surface area (Å²) in [5.41, 5.74) is 1.00. The molecule has 0 bridgehead atoms. The SMILES string of the molecule is COCC#CC(C)(C)NC(=O)C(Oc1cc(C)c2ncc(C#CCO)cc2c1)SC. The molecule has 0 fully saturated rings. The minimum absolute atomic E-state index is 0.211. The van der Waals surface area contributed by atoms with E-state index < -0.39 is 11.0 Å². The molecule has 0 aliphatic rings. The van der Waals surface area contributed by atoms with Gasteiger partial charge in [-0.2, -0.15) is 0 Å². The molecule has 6 nitrogen and oxygen atoms in total. The molecule has 7 heteroatoms. The number of aliphatic hydroxyl groups excluding tert-OH is 1. The number of nitrogens with one attached hydrogen (secondary N) is 1. The number of aliphatic hydroxyl groups is 1. The summed E-state index contributed by atoms with van der Waals surface area (Å²) in [7, 11) is 1.57. The van der Waals surface area contributed by atoms with Gasteiger partial charge in [0.25, 0.3) is 5.91 Å². The van der Waals surface area contributed by atoms with E-state index in [0.717, 1.165) is 16.5 Å². The number of rotatable bonds is 6. The highest BCUT2D eigenvalue weighted by Gasteiger charge is 2.25. The fourth-order valence-electron chi connectivity index (χ4n) is 2.74. The van der Waals surface area contributed by atoms with Gasteiger partial charge in [0.15, 0.2) is 0 Å². The summed E-state index contributed by atoms with van der Waals surface area (Å²) in [6.45, 7) is 5.68. The number of pyridine rings is 1. The summed E-state index contributed by atoms with van der Waals surface area (Å²) in [5.74, 6) is 11.6. The summed E-state index contributed by atoms with van der Waals surface area (Å²) in [4.78, 5) is 17.2. The molecule has 1 unspecified atom stereocenters. The lowest BCUT2D eigenvalue weighted by Crippen LogP contribution is -2.47. The number of thioether (sulfide) groups is 1. The molecule has 2 aromatic rings. The van der Waals surface area contributed by atoms with Crippen molar-refractivity contribution in [1.29, 1.82) is 0 Å². The zero-order valence-corrected chi connectivity index (χ0v) is 18.6. The predicted molar refractivity (Wildman–Crippen MR) is 120 cm³/mol. The lowest BCUT2D eigenvalue weighted by molar-refractivity contribution is -0.125. The number of benzene rings is 1. The number of amides is 1. The summed E-state index contributed by atoms with van der Waals surface area (Å²) in [5, 5.41) is 12.6. The maximum Gasteiger partial charge on any atom is 0.272 e. The van der Waals surface area contributed by atoms with Gasteiger partial charge >= 0.3 is 0 Å². The Balaban J connectivity index is 2.23. The molecule has 1 aromatic carbocycles. The first-order valence-electron chi connectivity index (χ1n) is 9.30. The van der Waals surface area contributed by atoms with Crippen molar-refractivity contribution >= 4 is 28.6 Å². The Morgan fingerprint density at radius 3 is 2.77 bits per heavy atom. The fourth-order valence-corrected chi connectivity index (χ4v) is 3.22. The molecule has 2 rings (SSSR count). The smallest absolute Gasteiger partial charge is 0.272 e. The van der Waals surface area contributed by atoms with E-state index in [1.165, 1.54) is 11.8 Å². The Hall–Kier alpha value is -2.71. The molecule has 1 amide bonds. The van der Waals surface area contributed by atoms with Crippen molar-refractivity contribution in [3.8, 4) is 29.4 Å². The fraction of sp³-hybridized carbons (Fsp3) is 0.391. The molecule has 0 spiro atoms. The number of methoxy groups -OCH3 is 1. The van der Waals surface area contributed by atoms with Gasteiger partial charge in [0.05, 0.1) is 11.1 Å². The molecule has 30 heavy (non-hydrogen) atoms. The van der Waals surface area contributed by atoms with Crippen LogP contribution >= 0.6 is 11.8 Å². The molecule has 1 aromatic heterocycles. The van der Waals surface area contributed by atoms with Crippen LogP contribution in [-0.2, 0) is 9.53 Å². The van der Waals surface area contributed by atoms with Crippen molar-refractivity contribution in [1.82, 2.24) is 10.3 Å². The molecule has 0 saturated heterocycles. The third-order valence-corrected chi connectivity index (χ3v) is 4.72. The predicted octanol–water partition coefficient (Wildman–Crippen LogP) is 2.50. The van der Waals surface area contributed by atoms with E-state index in [2.05, 4.69) is 34.0 Å². The van der Waals surface area contributed by atoms with E-state index in [-0.39, 0.29) is 12.5 Å². The standard InChI is InChI=1S/C23H26N2O4S/c1-16-12-19(14-18-13-17(8-6-10-26)15-24-20(16)18)29-22(30-5)21(27)25-23(2,3)9-7-11-28-4/h12-15,22,26H,10-11H2,1-5H3,(H,25,27). The van der Waals surface area contributed by atoms with Crippen molar-refractivity contribution in [2.45, 2.75) is 31.7 Å². The molecule has 1 heterocycles. The Labute approximate surface area is 181 Å². The highest BCUT2D eigenvalue weighted by atomic mass is 32.2. The zero-order valence-electron chi connectivity index (χ0n) is 17.8. The Bertz CT molecular complexity index is 1030. The van der Waals surface area contributed by atoms with Gasteiger partial charge in [-0.1, -0.05) is 23.7 Å². The normalized spacial score (nSPS) is 11.7. The summed E-state index contributed by atoms with van der Waals surface area (Å²) < 4.78 is 10.9. The number of carbonyl (C=O) groups is 1. The molecule has 158 valence electrons. The first kappa shape index (κ1) is 23.6. The number of ether oxygens (including phenoxy) is 2. The van der Waals surface area contributed by atoms with E-state index in [4.69, 9.17) is 14.6 Å². The van der Waals surface area contributed by atoms with Crippen LogP contribution in [0.4, 0.5) is 0 Å². The quantitative estimate of drug-likeness (QED) is 0.546.